The highest BCUT2D eigenvalue weighted by Gasteiger charge is 2.11. The molecule has 0 aliphatic carbocycles. The summed E-state index contributed by atoms with van der Waals surface area (Å²) >= 11 is 0. The van der Waals surface area contributed by atoms with Gasteiger partial charge in [-0.1, -0.05) is 18.2 Å². The van der Waals surface area contributed by atoms with Gasteiger partial charge in [0.25, 0.3) is 11.5 Å². The van der Waals surface area contributed by atoms with Gasteiger partial charge in [-0.05, 0) is 25.1 Å². The molecule has 104 valence electrons. The van der Waals surface area contributed by atoms with Crippen molar-refractivity contribution in [2.75, 3.05) is 5.32 Å². The number of rotatable bonds is 2. The number of anilines is 1. The molecule has 0 saturated carbocycles. The number of amides is 1. The number of hydrogen-bond acceptors (Lipinski definition) is 4. The molecule has 0 aliphatic heterocycles. The fourth-order valence-corrected chi connectivity index (χ4v) is 2.07. The van der Waals surface area contributed by atoms with Crippen LogP contribution in [0.15, 0.2) is 47.3 Å². The highest BCUT2D eigenvalue weighted by Crippen LogP contribution is 2.23. The first-order valence-electron chi connectivity index (χ1n) is 6.37. The predicted molar refractivity (Wildman–Crippen MR) is 79.3 cm³/mol. The Morgan fingerprint density at radius 2 is 2.00 bits per heavy atom. The van der Waals surface area contributed by atoms with Gasteiger partial charge in [0.1, 0.15) is 5.69 Å². The average molecular weight is 280 g/mol. The number of pyridine rings is 1. The lowest BCUT2D eigenvalue weighted by Crippen LogP contribution is -2.17. The van der Waals surface area contributed by atoms with Gasteiger partial charge in [0.15, 0.2) is 0 Å². The third kappa shape index (κ3) is 2.64. The molecule has 2 aromatic heterocycles. The zero-order valence-electron chi connectivity index (χ0n) is 11.3. The largest absolute Gasteiger partial charge is 0.320 e. The van der Waals surface area contributed by atoms with Crippen molar-refractivity contribution in [3.8, 4) is 0 Å². The summed E-state index contributed by atoms with van der Waals surface area (Å²) in [6.07, 6.45) is 0. The minimum atomic E-state index is -0.387. The molecule has 1 amide bonds. The Hall–Kier alpha value is -3.02. The molecule has 0 radical (unpaired) electrons. The molecule has 3 rings (SSSR count). The average Bonchev–Trinajstić information content (AvgIpc) is 2.47. The number of aromatic amines is 1. The lowest BCUT2D eigenvalue weighted by molar-refractivity contribution is 0.102. The molecule has 2 N–H and O–H groups in total. The highest BCUT2D eigenvalue weighted by atomic mass is 16.2. The lowest BCUT2D eigenvalue weighted by atomic mass is 10.1. The normalized spacial score (nSPS) is 10.5. The molecule has 0 unspecified atom stereocenters. The molecule has 2 heterocycles. The van der Waals surface area contributed by atoms with Crippen LogP contribution in [-0.2, 0) is 0 Å². The van der Waals surface area contributed by atoms with Crippen LogP contribution in [-0.4, -0.2) is 21.1 Å². The molecule has 1 aromatic carbocycles. The Bertz CT molecular complexity index is 866. The second-order valence-electron chi connectivity index (χ2n) is 4.59. The van der Waals surface area contributed by atoms with E-state index in [1.165, 1.54) is 12.1 Å². The van der Waals surface area contributed by atoms with Gasteiger partial charge in [0.2, 0.25) is 0 Å². The number of nitrogens with zero attached hydrogens (tertiary/aromatic N) is 2. The fraction of sp³-hybridized carbons (Fsp3) is 0.0667. The van der Waals surface area contributed by atoms with Crippen LogP contribution in [0.5, 0.6) is 0 Å². The number of aryl methyl sites for hydroxylation is 1. The van der Waals surface area contributed by atoms with Crippen molar-refractivity contribution in [2.45, 2.75) is 6.92 Å². The van der Waals surface area contributed by atoms with E-state index in [4.69, 9.17) is 0 Å². The maximum atomic E-state index is 12.2. The molecule has 6 heteroatoms. The van der Waals surface area contributed by atoms with Crippen LogP contribution >= 0.6 is 0 Å². The van der Waals surface area contributed by atoms with E-state index >= 15 is 0 Å². The predicted octanol–water partition coefficient (Wildman–Crippen LogP) is 1.88. The second-order valence-corrected chi connectivity index (χ2v) is 4.59. The van der Waals surface area contributed by atoms with E-state index in [0.717, 1.165) is 16.6 Å². The van der Waals surface area contributed by atoms with Crippen LogP contribution in [0.1, 0.15) is 16.2 Å². The van der Waals surface area contributed by atoms with Crippen LogP contribution in [0.4, 0.5) is 5.69 Å². The summed E-state index contributed by atoms with van der Waals surface area (Å²) in [5.74, 6) is -0.387. The summed E-state index contributed by atoms with van der Waals surface area (Å²) < 4.78 is 0. The number of fused-ring (bicyclic) bond motifs is 1. The maximum absolute atomic E-state index is 12.2. The zero-order valence-corrected chi connectivity index (χ0v) is 11.3. The first kappa shape index (κ1) is 13.0. The van der Waals surface area contributed by atoms with Gasteiger partial charge in [-0.3, -0.25) is 14.6 Å². The molecular weight excluding hydrogens is 268 g/mol. The molecule has 0 bridgehead atoms. The van der Waals surface area contributed by atoms with Crippen molar-refractivity contribution >= 4 is 22.5 Å². The fourth-order valence-electron chi connectivity index (χ4n) is 2.07. The van der Waals surface area contributed by atoms with E-state index in [9.17, 15) is 9.59 Å². The van der Waals surface area contributed by atoms with Crippen molar-refractivity contribution in [3.05, 3.63) is 64.2 Å². The molecule has 0 atom stereocenters. The number of carbonyl (C=O) groups excluding carboxylic acids is 1. The van der Waals surface area contributed by atoms with Crippen molar-refractivity contribution in [1.29, 1.82) is 0 Å². The van der Waals surface area contributed by atoms with Crippen LogP contribution < -0.4 is 10.9 Å². The van der Waals surface area contributed by atoms with Crippen LogP contribution in [0.25, 0.3) is 10.9 Å². The SMILES string of the molecule is Cc1cc(NC(=O)c2ccc(=O)[nH]n2)c2ccccc2n1. The topological polar surface area (TPSA) is 87.7 Å². The van der Waals surface area contributed by atoms with E-state index in [-0.39, 0.29) is 17.2 Å². The number of para-hydroxylation sites is 1. The quantitative estimate of drug-likeness (QED) is 0.750. The molecule has 6 nitrogen and oxygen atoms in total. The highest BCUT2D eigenvalue weighted by molar-refractivity contribution is 6.07. The Morgan fingerprint density at radius 1 is 1.19 bits per heavy atom. The molecule has 0 aliphatic rings. The summed E-state index contributed by atoms with van der Waals surface area (Å²) in [6, 6.07) is 12.0. The standard InChI is InChI=1S/C15H12N4O2/c1-9-8-13(10-4-2-3-5-11(10)16-9)17-15(21)12-6-7-14(20)19-18-12/h2-8H,1H3,(H,19,20)(H,16,17,21). The number of carbonyl (C=O) groups is 1. The monoisotopic (exact) mass is 280 g/mol. The van der Waals surface area contributed by atoms with Crippen molar-refractivity contribution < 1.29 is 4.79 Å². The van der Waals surface area contributed by atoms with Crippen molar-refractivity contribution in [1.82, 2.24) is 15.2 Å². The maximum Gasteiger partial charge on any atom is 0.276 e. The molecule has 0 saturated heterocycles. The third-order valence-corrected chi connectivity index (χ3v) is 3.00. The molecule has 0 fully saturated rings. The Morgan fingerprint density at radius 3 is 2.76 bits per heavy atom. The van der Waals surface area contributed by atoms with Gasteiger partial charge in [-0.15, -0.1) is 0 Å². The summed E-state index contributed by atoms with van der Waals surface area (Å²) in [7, 11) is 0. The Balaban J connectivity index is 1.99. The minimum Gasteiger partial charge on any atom is -0.320 e. The first-order valence-corrected chi connectivity index (χ1v) is 6.37. The third-order valence-electron chi connectivity index (χ3n) is 3.00. The van der Waals surface area contributed by atoms with E-state index in [1.807, 2.05) is 31.2 Å². The van der Waals surface area contributed by atoms with Gasteiger partial charge in [-0.25, -0.2) is 5.10 Å². The van der Waals surface area contributed by atoms with E-state index in [0.29, 0.717) is 5.69 Å². The summed E-state index contributed by atoms with van der Waals surface area (Å²) in [5, 5.41) is 9.59. The summed E-state index contributed by atoms with van der Waals surface area (Å²) in [4.78, 5) is 27.5. The number of nitrogens with one attached hydrogen (secondary N) is 2. The number of aromatic nitrogens is 3. The van der Waals surface area contributed by atoms with Gasteiger partial charge >= 0.3 is 0 Å². The molecule has 0 spiro atoms. The van der Waals surface area contributed by atoms with Gasteiger partial charge < -0.3 is 5.32 Å². The molecular formula is C15H12N4O2. The van der Waals surface area contributed by atoms with Crippen LogP contribution in [0.3, 0.4) is 0 Å². The molecule has 3 aromatic rings. The van der Waals surface area contributed by atoms with E-state index in [1.54, 1.807) is 6.07 Å². The van der Waals surface area contributed by atoms with Crippen molar-refractivity contribution in [2.24, 2.45) is 0 Å². The van der Waals surface area contributed by atoms with E-state index < -0.39 is 0 Å². The number of H-pyrrole nitrogens is 1. The Labute approximate surface area is 119 Å². The second kappa shape index (κ2) is 5.16. The lowest BCUT2D eigenvalue weighted by Gasteiger charge is -2.09. The van der Waals surface area contributed by atoms with Gasteiger partial charge in [-0.2, -0.15) is 5.10 Å². The summed E-state index contributed by atoms with van der Waals surface area (Å²) in [5.41, 5.74) is 2.07. The summed E-state index contributed by atoms with van der Waals surface area (Å²) in [6.45, 7) is 1.86. The van der Waals surface area contributed by atoms with Crippen molar-refractivity contribution in [3.63, 3.8) is 0 Å². The minimum absolute atomic E-state index is 0.146. The van der Waals surface area contributed by atoms with E-state index in [2.05, 4.69) is 20.5 Å². The zero-order chi connectivity index (χ0) is 14.8. The van der Waals surface area contributed by atoms with Gasteiger partial charge in [0.05, 0.1) is 11.2 Å². The van der Waals surface area contributed by atoms with Crippen LogP contribution in [0, 0.1) is 6.92 Å². The van der Waals surface area contributed by atoms with Crippen LogP contribution in [0.2, 0.25) is 0 Å². The smallest absolute Gasteiger partial charge is 0.276 e. The Kier molecular flexibility index (Phi) is 3.19. The van der Waals surface area contributed by atoms with Gasteiger partial charge in [0, 0.05) is 17.1 Å². The number of hydrogen-bond donors (Lipinski definition) is 2. The first-order chi connectivity index (χ1) is 10.1. The number of benzene rings is 1. The molecule has 21 heavy (non-hydrogen) atoms.